The minimum atomic E-state index is -0.215. The summed E-state index contributed by atoms with van der Waals surface area (Å²) in [6.45, 7) is 2.80. The molecule has 0 unspecified atom stereocenters. The number of hydrogen-bond acceptors (Lipinski definition) is 6. The van der Waals surface area contributed by atoms with Gasteiger partial charge in [0.15, 0.2) is 0 Å². The van der Waals surface area contributed by atoms with Crippen molar-refractivity contribution in [1.82, 2.24) is 25.2 Å². The van der Waals surface area contributed by atoms with Gasteiger partial charge in [0.2, 0.25) is 0 Å². The SMILES string of the molecule is CCCCCCOc1ccc(NC(=O)c2ccncc2)cc1-n1cnnn1. The summed E-state index contributed by atoms with van der Waals surface area (Å²) < 4.78 is 7.43. The van der Waals surface area contributed by atoms with Gasteiger partial charge >= 0.3 is 0 Å². The lowest BCUT2D eigenvalue weighted by atomic mass is 10.2. The largest absolute Gasteiger partial charge is 0.491 e. The Morgan fingerprint density at radius 1 is 1.15 bits per heavy atom. The number of carbonyl (C=O) groups excluding carboxylic acids is 1. The maximum Gasteiger partial charge on any atom is 0.255 e. The van der Waals surface area contributed by atoms with Crippen molar-refractivity contribution >= 4 is 11.6 Å². The van der Waals surface area contributed by atoms with Crippen LogP contribution in [0.2, 0.25) is 0 Å². The summed E-state index contributed by atoms with van der Waals surface area (Å²) in [5, 5.41) is 14.2. The fourth-order valence-corrected chi connectivity index (χ4v) is 2.59. The Balaban J connectivity index is 1.75. The minimum Gasteiger partial charge on any atom is -0.491 e. The molecule has 3 rings (SSSR count). The van der Waals surface area contributed by atoms with E-state index in [1.165, 1.54) is 23.9 Å². The number of amides is 1. The second-order valence-corrected chi connectivity index (χ2v) is 6.04. The number of unbranched alkanes of at least 4 members (excludes halogenated alkanes) is 3. The molecule has 0 aliphatic heterocycles. The third-order valence-corrected chi connectivity index (χ3v) is 4.01. The fourth-order valence-electron chi connectivity index (χ4n) is 2.59. The van der Waals surface area contributed by atoms with E-state index in [0.29, 0.717) is 29.3 Å². The van der Waals surface area contributed by atoms with E-state index in [1.54, 1.807) is 36.7 Å². The van der Waals surface area contributed by atoms with Gasteiger partial charge in [0.05, 0.1) is 6.61 Å². The molecule has 8 nitrogen and oxygen atoms in total. The van der Waals surface area contributed by atoms with Crippen LogP contribution in [0.5, 0.6) is 5.75 Å². The molecule has 140 valence electrons. The van der Waals surface area contributed by atoms with Gasteiger partial charge in [0.1, 0.15) is 17.8 Å². The zero-order valence-electron chi connectivity index (χ0n) is 15.2. The molecule has 2 aromatic heterocycles. The number of carbonyl (C=O) groups is 1. The van der Waals surface area contributed by atoms with Crippen molar-refractivity contribution < 1.29 is 9.53 Å². The standard InChI is InChI=1S/C19H22N6O2/c1-2-3-4-5-12-27-18-7-6-16(13-17(18)25-14-21-23-24-25)22-19(26)15-8-10-20-11-9-15/h6-11,13-14H,2-5,12H2,1H3,(H,22,26). The Morgan fingerprint density at radius 3 is 2.74 bits per heavy atom. The van der Waals surface area contributed by atoms with Gasteiger partial charge in [-0.3, -0.25) is 9.78 Å². The maximum absolute atomic E-state index is 12.4. The Morgan fingerprint density at radius 2 is 2.00 bits per heavy atom. The molecule has 2 heterocycles. The highest BCUT2D eigenvalue weighted by Gasteiger charge is 2.12. The molecule has 0 aliphatic carbocycles. The minimum absolute atomic E-state index is 0.215. The van der Waals surface area contributed by atoms with Gasteiger partial charge in [0, 0.05) is 23.6 Å². The van der Waals surface area contributed by atoms with Crippen LogP contribution in [-0.4, -0.2) is 37.7 Å². The Hall–Kier alpha value is -3.29. The molecule has 0 atom stereocenters. The number of tetrazole rings is 1. The van der Waals surface area contributed by atoms with Gasteiger partial charge in [-0.15, -0.1) is 5.10 Å². The van der Waals surface area contributed by atoms with Crippen LogP contribution < -0.4 is 10.1 Å². The number of hydrogen-bond donors (Lipinski definition) is 1. The number of nitrogens with one attached hydrogen (secondary N) is 1. The van der Waals surface area contributed by atoms with E-state index in [0.717, 1.165) is 12.8 Å². The average Bonchev–Trinajstić information content (AvgIpc) is 3.24. The molecular weight excluding hydrogens is 344 g/mol. The van der Waals surface area contributed by atoms with Gasteiger partial charge in [0.25, 0.3) is 5.91 Å². The molecule has 8 heteroatoms. The topological polar surface area (TPSA) is 94.8 Å². The predicted molar refractivity (Wildman–Crippen MR) is 101 cm³/mol. The molecule has 1 N–H and O–H groups in total. The van der Waals surface area contributed by atoms with Crippen molar-refractivity contribution in [1.29, 1.82) is 0 Å². The summed E-state index contributed by atoms with van der Waals surface area (Å²) in [5.74, 6) is 0.453. The molecule has 0 bridgehead atoms. The van der Waals surface area contributed by atoms with Crippen LogP contribution in [0.3, 0.4) is 0 Å². The number of rotatable bonds is 9. The van der Waals surface area contributed by atoms with Crippen LogP contribution in [0.15, 0.2) is 49.1 Å². The molecule has 0 radical (unpaired) electrons. The van der Waals surface area contributed by atoms with Gasteiger partial charge in [-0.05, 0) is 47.2 Å². The summed E-state index contributed by atoms with van der Waals surface area (Å²) in [7, 11) is 0. The first-order chi connectivity index (χ1) is 13.3. The average molecular weight is 366 g/mol. The molecule has 1 aromatic carbocycles. The molecule has 0 spiro atoms. The van der Waals surface area contributed by atoms with Crippen LogP contribution in [0, 0.1) is 0 Å². The Kier molecular flexibility index (Phi) is 6.45. The summed E-state index contributed by atoms with van der Waals surface area (Å²) >= 11 is 0. The number of benzene rings is 1. The fraction of sp³-hybridized carbons (Fsp3) is 0.316. The van der Waals surface area contributed by atoms with E-state index in [9.17, 15) is 4.79 Å². The normalized spacial score (nSPS) is 10.6. The van der Waals surface area contributed by atoms with Crippen LogP contribution in [0.1, 0.15) is 43.0 Å². The van der Waals surface area contributed by atoms with Crippen molar-refractivity contribution in [3.8, 4) is 11.4 Å². The highest BCUT2D eigenvalue weighted by Crippen LogP contribution is 2.26. The van der Waals surface area contributed by atoms with Crippen molar-refractivity contribution in [3.63, 3.8) is 0 Å². The first kappa shape index (κ1) is 18.5. The molecule has 0 fully saturated rings. The predicted octanol–water partition coefficient (Wildman–Crippen LogP) is 3.27. The smallest absolute Gasteiger partial charge is 0.255 e. The molecule has 1 amide bonds. The zero-order chi connectivity index (χ0) is 18.9. The quantitative estimate of drug-likeness (QED) is 0.584. The van der Waals surface area contributed by atoms with Crippen molar-refractivity contribution in [2.24, 2.45) is 0 Å². The third kappa shape index (κ3) is 5.10. The molecule has 0 saturated carbocycles. The van der Waals surface area contributed by atoms with Crippen LogP contribution >= 0.6 is 0 Å². The Bertz CT molecular complexity index is 852. The lowest BCUT2D eigenvalue weighted by Gasteiger charge is -2.13. The number of ether oxygens (including phenoxy) is 1. The second kappa shape index (κ2) is 9.42. The molecular formula is C19H22N6O2. The zero-order valence-corrected chi connectivity index (χ0v) is 15.2. The van der Waals surface area contributed by atoms with Crippen molar-refractivity contribution in [3.05, 3.63) is 54.6 Å². The second-order valence-electron chi connectivity index (χ2n) is 6.04. The van der Waals surface area contributed by atoms with Crippen LogP contribution in [0.4, 0.5) is 5.69 Å². The lowest BCUT2D eigenvalue weighted by Crippen LogP contribution is -2.12. The first-order valence-electron chi connectivity index (χ1n) is 8.99. The highest BCUT2D eigenvalue weighted by atomic mass is 16.5. The summed E-state index contributed by atoms with van der Waals surface area (Å²) in [5.41, 5.74) is 1.83. The maximum atomic E-state index is 12.4. The Labute approximate surface area is 157 Å². The molecule has 27 heavy (non-hydrogen) atoms. The number of nitrogens with zero attached hydrogens (tertiary/aromatic N) is 5. The third-order valence-electron chi connectivity index (χ3n) is 4.01. The van der Waals surface area contributed by atoms with E-state index in [2.05, 4.69) is 32.7 Å². The molecule has 0 saturated heterocycles. The number of aromatic nitrogens is 5. The van der Waals surface area contributed by atoms with Crippen molar-refractivity contribution in [2.75, 3.05) is 11.9 Å². The van der Waals surface area contributed by atoms with E-state index in [-0.39, 0.29) is 5.91 Å². The van der Waals surface area contributed by atoms with Crippen molar-refractivity contribution in [2.45, 2.75) is 32.6 Å². The van der Waals surface area contributed by atoms with Gasteiger partial charge in [-0.1, -0.05) is 26.2 Å². The van der Waals surface area contributed by atoms with E-state index < -0.39 is 0 Å². The number of pyridine rings is 1. The van der Waals surface area contributed by atoms with E-state index in [4.69, 9.17) is 4.74 Å². The summed E-state index contributed by atoms with van der Waals surface area (Å²) in [4.78, 5) is 16.3. The lowest BCUT2D eigenvalue weighted by molar-refractivity contribution is 0.102. The summed E-state index contributed by atoms with van der Waals surface area (Å²) in [6.07, 6.45) is 9.16. The van der Waals surface area contributed by atoms with Gasteiger partial charge in [-0.2, -0.15) is 4.68 Å². The van der Waals surface area contributed by atoms with Gasteiger partial charge < -0.3 is 10.1 Å². The molecule has 3 aromatic rings. The van der Waals surface area contributed by atoms with Gasteiger partial charge in [-0.25, -0.2) is 0 Å². The van der Waals surface area contributed by atoms with Crippen LogP contribution in [-0.2, 0) is 0 Å². The number of anilines is 1. The van der Waals surface area contributed by atoms with E-state index >= 15 is 0 Å². The highest BCUT2D eigenvalue weighted by molar-refractivity contribution is 6.04. The first-order valence-corrected chi connectivity index (χ1v) is 8.99. The summed E-state index contributed by atoms with van der Waals surface area (Å²) in [6, 6.07) is 8.72. The monoisotopic (exact) mass is 366 g/mol. The van der Waals surface area contributed by atoms with E-state index in [1.807, 2.05) is 6.07 Å². The molecule has 0 aliphatic rings. The van der Waals surface area contributed by atoms with Crippen LogP contribution in [0.25, 0.3) is 5.69 Å².